The summed E-state index contributed by atoms with van der Waals surface area (Å²) in [6.07, 6.45) is 5.92. The highest BCUT2D eigenvalue weighted by Crippen LogP contribution is 2.20. The van der Waals surface area contributed by atoms with Crippen molar-refractivity contribution in [2.75, 3.05) is 0 Å². The summed E-state index contributed by atoms with van der Waals surface area (Å²) in [5.74, 6) is 0.720. The molecule has 0 aliphatic carbocycles. The minimum Gasteiger partial charge on any atom is -0.324 e. The summed E-state index contributed by atoms with van der Waals surface area (Å²) in [6, 6.07) is 2.16. The van der Waals surface area contributed by atoms with Crippen molar-refractivity contribution in [2.45, 2.75) is 39.7 Å². The van der Waals surface area contributed by atoms with Crippen LogP contribution in [0, 0.1) is 12.8 Å². The van der Waals surface area contributed by atoms with Gasteiger partial charge in [-0.05, 0) is 42.9 Å². The normalized spacial score (nSPS) is 13.2. The molecule has 0 spiro atoms. The Kier molecular flexibility index (Phi) is 4.08. The first-order valence-electron chi connectivity index (χ1n) is 5.27. The van der Waals surface area contributed by atoms with Crippen LogP contribution >= 0.6 is 0 Å². The van der Waals surface area contributed by atoms with Crippen molar-refractivity contribution in [1.29, 1.82) is 0 Å². The van der Waals surface area contributed by atoms with Gasteiger partial charge in [-0.15, -0.1) is 0 Å². The Hall–Kier alpha value is -0.890. The number of hydrogen-bond donors (Lipinski definition) is 1. The van der Waals surface area contributed by atoms with Gasteiger partial charge in [-0.1, -0.05) is 13.8 Å². The van der Waals surface area contributed by atoms with Gasteiger partial charge in [0.05, 0.1) is 0 Å². The molecule has 0 aromatic carbocycles. The van der Waals surface area contributed by atoms with E-state index < -0.39 is 0 Å². The first-order chi connectivity index (χ1) is 6.61. The largest absolute Gasteiger partial charge is 0.324 e. The number of hydrogen-bond acceptors (Lipinski definition) is 2. The molecule has 0 bridgehead atoms. The molecule has 0 saturated carbocycles. The van der Waals surface area contributed by atoms with Crippen molar-refractivity contribution >= 4 is 0 Å². The van der Waals surface area contributed by atoms with E-state index in [1.54, 1.807) is 0 Å². The van der Waals surface area contributed by atoms with E-state index in [1.165, 1.54) is 17.5 Å². The van der Waals surface area contributed by atoms with Gasteiger partial charge in [0, 0.05) is 18.4 Å². The van der Waals surface area contributed by atoms with Crippen LogP contribution in [0.2, 0.25) is 0 Å². The molecule has 2 nitrogen and oxygen atoms in total. The quantitative estimate of drug-likeness (QED) is 0.796. The second-order valence-corrected chi connectivity index (χ2v) is 4.31. The number of nitrogens with two attached hydrogens (primary N) is 1. The van der Waals surface area contributed by atoms with Crippen LogP contribution in [0.1, 0.15) is 43.9 Å². The second kappa shape index (κ2) is 5.11. The SMILES string of the molecule is Cc1ccncc1C(N)CCC(C)C. The number of nitrogens with zero attached hydrogens (tertiary/aromatic N) is 1. The zero-order chi connectivity index (χ0) is 10.6. The van der Waals surface area contributed by atoms with Crippen molar-refractivity contribution in [3.05, 3.63) is 29.6 Å². The van der Waals surface area contributed by atoms with Gasteiger partial charge in [0.1, 0.15) is 0 Å². The Bertz CT molecular complexity index is 281. The van der Waals surface area contributed by atoms with Gasteiger partial charge in [-0.3, -0.25) is 4.98 Å². The maximum absolute atomic E-state index is 6.10. The van der Waals surface area contributed by atoms with Gasteiger partial charge in [-0.25, -0.2) is 0 Å². The Morgan fingerprint density at radius 3 is 2.64 bits per heavy atom. The average molecular weight is 192 g/mol. The molecular weight excluding hydrogens is 172 g/mol. The van der Waals surface area contributed by atoms with E-state index in [0.717, 1.165) is 12.3 Å². The van der Waals surface area contributed by atoms with Crippen LogP contribution in [-0.2, 0) is 0 Å². The average Bonchev–Trinajstić information content (AvgIpc) is 2.15. The Morgan fingerprint density at radius 1 is 1.36 bits per heavy atom. The smallest absolute Gasteiger partial charge is 0.0318 e. The molecule has 0 saturated heterocycles. The topological polar surface area (TPSA) is 38.9 Å². The molecule has 0 amide bonds. The predicted octanol–water partition coefficient (Wildman–Crippen LogP) is 2.83. The molecule has 0 aliphatic heterocycles. The number of pyridine rings is 1. The van der Waals surface area contributed by atoms with Crippen molar-refractivity contribution < 1.29 is 0 Å². The Morgan fingerprint density at radius 2 is 2.07 bits per heavy atom. The van der Waals surface area contributed by atoms with E-state index >= 15 is 0 Å². The third kappa shape index (κ3) is 3.11. The van der Waals surface area contributed by atoms with Crippen LogP contribution in [0.15, 0.2) is 18.5 Å². The molecule has 2 N–H and O–H groups in total. The zero-order valence-corrected chi connectivity index (χ0v) is 9.33. The van der Waals surface area contributed by atoms with Crippen LogP contribution in [-0.4, -0.2) is 4.98 Å². The van der Waals surface area contributed by atoms with Crippen LogP contribution in [0.5, 0.6) is 0 Å². The molecule has 0 radical (unpaired) electrons. The van der Waals surface area contributed by atoms with E-state index in [-0.39, 0.29) is 6.04 Å². The fraction of sp³-hybridized carbons (Fsp3) is 0.583. The van der Waals surface area contributed by atoms with E-state index in [9.17, 15) is 0 Å². The maximum Gasteiger partial charge on any atom is 0.0318 e. The molecule has 78 valence electrons. The summed E-state index contributed by atoms with van der Waals surface area (Å²) >= 11 is 0. The van der Waals surface area contributed by atoms with E-state index in [1.807, 2.05) is 18.5 Å². The summed E-state index contributed by atoms with van der Waals surface area (Å²) in [5.41, 5.74) is 8.54. The molecule has 1 atom stereocenters. The lowest BCUT2D eigenvalue weighted by Gasteiger charge is -2.15. The highest BCUT2D eigenvalue weighted by atomic mass is 14.7. The van der Waals surface area contributed by atoms with Crippen molar-refractivity contribution in [3.8, 4) is 0 Å². The molecule has 1 unspecified atom stereocenters. The predicted molar refractivity (Wildman–Crippen MR) is 60.0 cm³/mol. The second-order valence-electron chi connectivity index (χ2n) is 4.31. The molecule has 14 heavy (non-hydrogen) atoms. The van der Waals surface area contributed by atoms with E-state index in [0.29, 0.717) is 0 Å². The summed E-state index contributed by atoms with van der Waals surface area (Å²) in [5, 5.41) is 0. The van der Waals surface area contributed by atoms with Crippen LogP contribution in [0.4, 0.5) is 0 Å². The Balaban J connectivity index is 2.60. The summed E-state index contributed by atoms with van der Waals surface area (Å²) in [7, 11) is 0. The third-order valence-electron chi connectivity index (χ3n) is 2.53. The van der Waals surface area contributed by atoms with Gasteiger partial charge < -0.3 is 5.73 Å². The van der Waals surface area contributed by atoms with Crippen LogP contribution in [0.3, 0.4) is 0 Å². The standard InChI is InChI=1S/C12H20N2/c1-9(2)4-5-12(13)11-8-14-7-6-10(11)3/h6-9,12H,4-5,13H2,1-3H3. The van der Waals surface area contributed by atoms with E-state index in [2.05, 4.69) is 25.8 Å². The molecule has 1 heterocycles. The summed E-state index contributed by atoms with van der Waals surface area (Å²) in [4.78, 5) is 4.11. The molecule has 1 rings (SSSR count). The minimum atomic E-state index is 0.145. The van der Waals surface area contributed by atoms with Crippen molar-refractivity contribution in [1.82, 2.24) is 4.98 Å². The van der Waals surface area contributed by atoms with E-state index in [4.69, 9.17) is 5.73 Å². The summed E-state index contributed by atoms with van der Waals surface area (Å²) in [6.45, 7) is 6.54. The lowest BCUT2D eigenvalue weighted by Crippen LogP contribution is -2.12. The third-order valence-corrected chi connectivity index (χ3v) is 2.53. The molecular formula is C12H20N2. The Labute approximate surface area is 86.5 Å². The number of aryl methyl sites for hydroxylation is 1. The first kappa shape index (κ1) is 11.2. The minimum absolute atomic E-state index is 0.145. The van der Waals surface area contributed by atoms with Gasteiger partial charge in [0.15, 0.2) is 0 Å². The van der Waals surface area contributed by atoms with Gasteiger partial charge in [-0.2, -0.15) is 0 Å². The lowest BCUT2D eigenvalue weighted by molar-refractivity contribution is 0.505. The molecule has 2 heteroatoms. The molecule has 1 aromatic heterocycles. The van der Waals surface area contributed by atoms with Gasteiger partial charge in [0.2, 0.25) is 0 Å². The summed E-state index contributed by atoms with van der Waals surface area (Å²) < 4.78 is 0. The van der Waals surface area contributed by atoms with Gasteiger partial charge in [0.25, 0.3) is 0 Å². The zero-order valence-electron chi connectivity index (χ0n) is 9.33. The van der Waals surface area contributed by atoms with Crippen molar-refractivity contribution in [2.24, 2.45) is 11.7 Å². The first-order valence-corrected chi connectivity index (χ1v) is 5.27. The number of rotatable bonds is 4. The molecule has 0 aliphatic rings. The monoisotopic (exact) mass is 192 g/mol. The highest BCUT2D eigenvalue weighted by molar-refractivity contribution is 5.24. The number of aromatic nitrogens is 1. The fourth-order valence-electron chi connectivity index (χ4n) is 1.53. The van der Waals surface area contributed by atoms with Crippen LogP contribution in [0.25, 0.3) is 0 Å². The van der Waals surface area contributed by atoms with Crippen molar-refractivity contribution in [3.63, 3.8) is 0 Å². The molecule has 1 aromatic rings. The maximum atomic E-state index is 6.10. The lowest BCUT2D eigenvalue weighted by atomic mass is 9.97. The molecule has 0 fully saturated rings. The van der Waals surface area contributed by atoms with Gasteiger partial charge >= 0.3 is 0 Å². The van der Waals surface area contributed by atoms with Crippen LogP contribution < -0.4 is 5.73 Å². The highest BCUT2D eigenvalue weighted by Gasteiger charge is 2.09. The fourth-order valence-corrected chi connectivity index (χ4v) is 1.53.